The van der Waals surface area contributed by atoms with Gasteiger partial charge in [0.2, 0.25) is 0 Å². The molecule has 0 aliphatic rings. The SMILES string of the molecule is Nc1ccc(C(=O)c2ccccc2)cc1.O=CO. The number of ketones is 1. The quantitative estimate of drug-likeness (QED) is 0.481. The molecule has 18 heavy (non-hydrogen) atoms. The van der Waals surface area contributed by atoms with Crippen LogP contribution in [0.1, 0.15) is 15.9 Å². The summed E-state index contributed by atoms with van der Waals surface area (Å²) in [7, 11) is 0. The van der Waals surface area contributed by atoms with Gasteiger partial charge < -0.3 is 10.8 Å². The predicted molar refractivity (Wildman–Crippen MR) is 69.4 cm³/mol. The lowest BCUT2D eigenvalue weighted by atomic mass is 10.0. The smallest absolute Gasteiger partial charge is 0.290 e. The van der Waals surface area contributed by atoms with Gasteiger partial charge in [-0.05, 0) is 24.3 Å². The van der Waals surface area contributed by atoms with Crippen LogP contribution in [0.3, 0.4) is 0 Å². The highest BCUT2D eigenvalue weighted by Gasteiger charge is 2.06. The van der Waals surface area contributed by atoms with Gasteiger partial charge in [0.05, 0.1) is 0 Å². The summed E-state index contributed by atoms with van der Waals surface area (Å²) in [6.07, 6.45) is 0. The largest absolute Gasteiger partial charge is 0.483 e. The van der Waals surface area contributed by atoms with E-state index in [0.29, 0.717) is 16.8 Å². The minimum Gasteiger partial charge on any atom is -0.483 e. The molecule has 0 amide bonds. The molecule has 0 fully saturated rings. The maximum Gasteiger partial charge on any atom is 0.290 e. The lowest BCUT2D eigenvalue weighted by Gasteiger charge is -2.00. The van der Waals surface area contributed by atoms with Crippen LogP contribution >= 0.6 is 0 Å². The van der Waals surface area contributed by atoms with Gasteiger partial charge in [-0.2, -0.15) is 0 Å². The van der Waals surface area contributed by atoms with Gasteiger partial charge in [-0.3, -0.25) is 9.59 Å². The van der Waals surface area contributed by atoms with Crippen LogP contribution in [0.5, 0.6) is 0 Å². The zero-order chi connectivity index (χ0) is 13.4. The molecule has 0 atom stereocenters. The van der Waals surface area contributed by atoms with Crippen molar-refractivity contribution >= 4 is 17.9 Å². The average Bonchev–Trinajstić information content (AvgIpc) is 2.41. The third-order valence-corrected chi connectivity index (χ3v) is 2.21. The molecule has 3 N–H and O–H groups in total. The minimum absolute atomic E-state index is 0.0237. The van der Waals surface area contributed by atoms with Crippen molar-refractivity contribution < 1.29 is 14.7 Å². The molecule has 0 saturated heterocycles. The Kier molecular flexibility index (Phi) is 5.12. The van der Waals surface area contributed by atoms with Crippen LogP contribution in [0, 0.1) is 0 Å². The summed E-state index contributed by atoms with van der Waals surface area (Å²) in [6.45, 7) is -0.250. The standard InChI is InChI=1S/C13H11NO.CH2O2/c14-12-8-6-11(7-9-12)13(15)10-4-2-1-3-5-10;2-1-3/h1-9H,14H2;1H,(H,2,3). The highest BCUT2D eigenvalue weighted by Crippen LogP contribution is 2.11. The Hall–Kier alpha value is -2.62. The Labute approximate surface area is 105 Å². The van der Waals surface area contributed by atoms with Crippen LogP contribution < -0.4 is 5.73 Å². The van der Waals surface area contributed by atoms with Crippen molar-refractivity contribution in [3.8, 4) is 0 Å². The van der Waals surface area contributed by atoms with Gasteiger partial charge in [-0.1, -0.05) is 30.3 Å². The van der Waals surface area contributed by atoms with Crippen LogP contribution in [-0.4, -0.2) is 17.4 Å². The molecule has 0 radical (unpaired) electrons. The molecule has 0 aromatic heterocycles. The number of anilines is 1. The van der Waals surface area contributed by atoms with Crippen LogP contribution in [0.4, 0.5) is 5.69 Å². The van der Waals surface area contributed by atoms with Crippen molar-refractivity contribution in [2.24, 2.45) is 0 Å². The molecular formula is C14H13NO3. The summed E-state index contributed by atoms with van der Waals surface area (Å²) in [4.78, 5) is 20.3. The van der Waals surface area contributed by atoms with Crippen LogP contribution in [0.25, 0.3) is 0 Å². The lowest BCUT2D eigenvalue weighted by molar-refractivity contribution is -0.122. The van der Waals surface area contributed by atoms with Crippen LogP contribution in [-0.2, 0) is 4.79 Å². The van der Waals surface area contributed by atoms with Gasteiger partial charge in [-0.15, -0.1) is 0 Å². The van der Waals surface area contributed by atoms with E-state index >= 15 is 0 Å². The molecule has 0 unspecified atom stereocenters. The van der Waals surface area contributed by atoms with E-state index in [2.05, 4.69) is 0 Å². The summed E-state index contributed by atoms with van der Waals surface area (Å²) < 4.78 is 0. The number of rotatable bonds is 2. The van der Waals surface area contributed by atoms with Gasteiger partial charge in [0.15, 0.2) is 5.78 Å². The third kappa shape index (κ3) is 3.75. The van der Waals surface area contributed by atoms with Crippen LogP contribution in [0.2, 0.25) is 0 Å². The van der Waals surface area contributed by atoms with E-state index in [1.165, 1.54) is 0 Å². The van der Waals surface area contributed by atoms with E-state index < -0.39 is 0 Å². The maximum atomic E-state index is 11.9. The molecule has 4 nitrogen and oxygen atoms in total. The van der Waals surface area contributed by atoms with E-state index in [1.807, 2.05) is 18.2 Å². The van der Waals surface area contributed by atoms with Crippen molar-refractivity contribution in [3.05, 3.63) is 65.7 Å². The Morgan fingerprint density at radius 2 is 1.39 bits per heavy atom. The van der Waals surface area contributed by atoms with Crippen molar-refractivity contribution in [2.45, 2.75) is 0 Å². The number of hydrogen-bond donors (Lipinski definition) is 2. The van der Waals surface area contributed by atoms with E-state index in [0.717, 1.165) is 0 Å². The molecule has 0 aliphatic heterocycles. The second-order valence-corrected chi connectivity index (χ2v) is 3.42. The normalized spacial score (nSPS) is 8.89. The molecule has 92 valence electrons. The van der Waals surface area contributed by atoms with Crippen LogP contribution in [0.15, 0.2) is 54.6 Å². The van der Waals surface area contributed by atoms with Gasteiger partial charge in [0, 0.05) is 16.8 Å². The third-order valence-electron chi connectivity index (χ3n) is 2.21. The first-order valence-electron chi connectivity index (χ1n) is 5.22. The predicted octanol–water partition coefficient (Wildman–Crippen LogP) is 2.20. The Balaban J connectivity index is 0.000000492. The molecular weight excluding hydrogens is 230 g/mol. The van der Waals surface area contributed by atoms with Gasteiger partial charge >= 0.3 is 0 Å². The first kappa shape index (κ1) is 13.4. The van der Waals surface area contributed by atoms with Crippen molar-refractivity contribution in [3.63, 3.8) is 0 Å². The zero-order valence-corrected chi connectivity index (χ0v) is 9.61. The van der Waals surface area contributed by atoms with Crippen molar-refractivity contribution in [1.29, 1.82) is 0 Å². The molecule has 2 aromatic rings. The van der Waals surface area contributed by atoms with Gasteiger partial charge in [0.1, 0.15) is 0 Å². The average molecular weight is 243 g/mol. The molecule has 0 heterocycles. The highest BCUT2D eigenvalue weighted by atomic mass is 16.3. The van der Waals surface area contributed by atoms with E-state index in [9.17, 15) is 4.79 Å². The molecule has 4 heteroatoms. The fraction of sp³-hybridized carbons (Fsp3) is 0. The number of carboxylic acid groups (broad SMARTS) is 1. The fourth-order valence-corrected chi connectivity index (χ4v) is 1.39. The monoisotopic (exact) mass is 243 g/mol. The first-order valence-corrected chi connectivity index (χ1v) is 5.22. The number of nitrogen functional groups attached to an aromatic ring is 1. The summed E-state index contributed by atoms with van der Waals surface area (Å²) in [6, 6.07) is 16.1. The molecule has 0 bridgehead atoms. The summed E-state index contributed by atoms with van der Waals surface area (Å²) in [5.41, 5.74) is 7.58. The first-order chi connectivity index (χ1) is 8.69. The van der Waals surface area contributed by atoms with Crippen molar-refractivity contribution in [2.75, 3.05) is 5.73 Å². The van der Waals surface area contributed by atoms with Gasteiger partial charge in [-0.25, -0.2) is 0 Å². The second-order valence-electron chi connectivity index (χ2n) is 3.42. The molecule has 2 rings (SSSR count). The number of nitrogens with two attached hydrogens (primary N) is 1. The zero-order valence-electron chi connectivity index (χ0n) is 9.61. The lowest BCUT2D eigenvalue weighted by Crippen LogP contribution is -2.00. The summed E-state index contributed by atoms with van der Waals surface area (Å²) >= 11 is 0. The Morgan fingerprint density at radius 1 is 0.944 bits per heavy atom. The second kappa shape index (κ2) is 6.85. The minimum atomic E-state index is -0.250. The molecule has 0 aliphatic carbocycles. The van der Waals surface area contributed by atoms with E-state index in [1.54, 1.807) is 36.4 Å². The Bertz CT molecular complexity index is 506. The fourth-order valence-electron chi connectivity index (χ4n) is 1.39. The maximum absolute atomic E-state index is 11.9. The summed E-state index contributed by atoms with van der Waals surface area (Å²) in [5.74, 6) is 0.0237. The van der Waals surface area contributed by atoms with E-state index in [-0.39, 0.29) is 12.3 Å². The highest BCUT2D eigenvalue weighted by molar-refractivity contribution is 6.09. The van der Waals surface area contributed by atoms with Crippen molar-refractivity contribution in [1.82, 2.24) is 0 Å². The molecule has 0 spiro atoms. The number of carbonyl (C=O) groups excluding carboxylic acids is 1. The molecule has 2 aromatic carbocycles. The molecule has 0 saturated carbocycles. The number of hydrogen-bond acceptors (Lipinski definition) is 3. The van der Waals surface area contributed by atoms with Gasteiger partial charge in [0.25, 0.3) is 6.47 Å². The topological polar surface area (TPSA) is 80.4 Å². The van der Waals surface area contributed by atoms with E-state index in [4.69, 9.17) is 15.6 Å². The Morgan fingerprint density at radius 3 is 1.89 bits per heavy atom. The number of carbonyl (C=O) groups is 2. The summed E-state index contributed by atoms with van der Waals surface area (Å²) in [5, 5.41) is 6.89. The number of benzene rings is 2.